The van der Waals surface area contributed by atoms with Crippen LogP contribution in [0.4, 0.5) is 5.82 Å². The van der Waals surface area contributed by atoms with Gasteiger partial charge in [0.15, 0.2) is 0 Å². The quantitative estimate of drug-likeness (QED) is 0.789. The van der Waals surface area contributed by atoms with E-state index in [0.29, 0.717) is 5.02 Å². The number of halogens is 1. The van der Waals surface area contributed by atoms with Gasteiger partial charge in [0.05, 0.1) is 10.7 Å². The van der Waals surface area contributed by atoms with Gasteiger partial charge in [-0.25, -0.2) is 4.98 Å². The molecule has 0 N–H and O–H groups in total. The Hall–Kier alpha value is -2.44. The van der Waals surface area contributed by atoms with Crippen LogP contribution >= 0.6 is 11.6 Å². The molecule has 1 aromatic heterocycles. The van der Waals surface area contributed by atoms with Crippen LogP contribution in [0.1, 0.15) is 5.56 Å². The third-order valence-corrected chi connectivity index (χ3v) is 4.12. The first-order valence-electron chi connectivity index (χ1n) is 7.60. The molecule has 4 heteroatoms. The summed E-state index contributed by atoms with van der Waals surface area (Å²) in [4.78, 5) is 8.79. The summed E-state index contributed by atoms with van der Waals surface area (Å²) < 4.78 is 0. The van der Waals surface area contributed by atoms with Crippen molar-refractivity contribution in [1.29, 1.82) is 0 Å². The molecule has 0 radical (unpaired) electrons. The first-order chi connectivity index (χ1) is 11.2. The maximum absolute atomic E-state index is 6.22. The van der Waals surface area contributed by atoms with Gasteiger partial charge in [0.25, 0.3) is 0 Å². The standard InChI is InChI=1S/C19H18ClN3/c1-16(9-10-17-6-3-2-4-7-17)22-12-14-23(15-13-22)19-18(20)8-5-11-21-19/h2-8,11H,1,12-15H2. The molecular weight excluding hydrogens is 306 g/mol. The van der Waals surface area contributed by atoms with E-state index in [-0.39, 0.29) is 0 Å². The van der Waals surface area contributed by atoms with Gasteiger partial charge in [0.2, 0.25) is 0 Å². The zero-order chi connectivity index (χ0) is 16.1. The largest absolute Gasteiger partial charge is 0.362 e. The van der Waals surface area contributed by atoms with Gasteiger partial charge in [-0.05, 0) is 30.2 Å². The summed E-state index contributed by atoms with van der Waals surface area (Å²) in [7, 11) is 0. The van der Waals surface area contributed by atoms with E-state index in [0.717, 1.165) is 43.3 Å². The van der Waals surface area contributed by atoms with Crippen LogP contribution in [0.3, 0.4) is 0 Å². The number of rotatable bonds is 2. The first-order valence-corrected chi connectivity index (χ1v) is 7.98. The minimum Gasteiger partial charge on any atom is -0.362 e. The molecule has 116 valence electrons. The number of piperazine rings is 1. The molecule has 0 bridgehead atoms. The molecule has 0 unspecified atom stereocenters. The second-order valence-corrected chi connectivity index (χ2v) is 5.75. The molecule has 0 atom stereocenters. The molecule has 0 spiro atoms. The van der Waals surface area contributed by atoms with Crippen LogP contribution < -0.4 is 4.90 Å². The van der Waals surface area contributed by atoms with Gasteiger partial charge < -0.3 is 9.80 Å². The highest BCUT2D eigenvalue weighted by Crippen LogP contribution is 2.23. The summed E-state index contributed by atoms with van der Waals surface area (Å²) in [6.07, 6.45) is 1.78. The number of aromatic nitrogens is 1. The summed E-state index contributed by atoms with van der Waals surface area (Å²) in [5.41, 5.74) is 1.87. The van der Waals surface area contributed by atoms with E-state index in [9.17, 15) is 0 Å². The average molecular weight is 324 g/mol. The summed E-state index contributed by atoms with van der Waals surface area (Å²) in [5.74, 6) is 7.17. The molecule has 23 heavy (non-hydrogen) atoms. The molecule has 1 aliphatic rings. The van der Waals surface area contributed by atoms with Gasteiger partial charge in [0.1, 0.15) is 5.82 Å². The molecule has 0 amide bonds. The molecule has 3 nitrogen and oxygen atoms in total. The van der Waals surface area contributed by atoms with Gasteiger partial charge in [-0.1, -0.05) is 42.3 Å². The predicted molar refractivity (Wildman–Crippen MR) is 95.5 cm³/mol. The van der Waals surface area contributed by atoms with Crippen molar-refractivity contribution in [2.45, 2.75) is 0 Å². The molecule has 2 heterocycles. The summed E-state index contributed by atoms with van der Waals surface area (Å²) in [5, 5.41) is 0.698. The normalized spacial score (nSPS) is 14.1. The number of allylic oxidation sites excluding steroid dienone is 1. The van der Waals surface area contributed by atoms with Gasteiger partial charge in [0, 0.05) is 37.9 Å². The topological polar surface area (TPSA) is 19.4 Å². The molecule has 2 aromatic rings. The van der Waals surface area contributed by atoms with E-state index in [2.05, 4.69) is 33.2 Å². The molecule has 3 rings (SSSR count). The van der Waals surface area contributed by atoms with Crippen LogP contribution in [0, 0.1) is 11.8 Å². The lowest BCUT2D eigenvalue weighted by Crippen LogP contribution is -2.46. The fraction of sp³-hybridized carbons (Fsp3) is 0.211. The fourth-order valence-electron chi connectivity index (χ4n) is 2.54. The summed E-state index contributed by atoms with van der Waals surface area (Å²) in [6, 6.07) is 13.7. The highest BCUT2D eigenvalue weighted by atomic mass is 35.5. The van der Waals surface area contributed by atoms with Gasteiger partial charge in [-0.3, -0.25) is 0 Å². The third-order valence-electron chi connectivity index (χ3n) is 3.82. The van der Waals surface area contributed by atoms with Crippen molar-refractivity contribution in [2.24, 2.45) is 0 Å². The lowest BCUT2D eigenvalue weighted by atomic mass is 10.2. The average Bonchev–Trinajstić information content (AvgIpc) is 2.61. The van der Waals surface area contributed by atoms with Crippen molar-refractivity contribution in [3.05, 3.63) is 71.5 Å². The van der Waals surface area contributed by atoms with Crippen LogP contribution in [0.15, 0.2) is 60.9 Å². The van der Waals surface area contributed by atoms with Crippen molar-refractivity contribution in [3.63, 3.8) is 0 Å². The number of nitrogens with zero attached hydrogens (tertiary/aromatic N) is 3. The second kappa shape index (κ2) is 7.21. The predicted octanol–water partition coefficient (Wildman–Crippen LogP) is 3.42. The van der Waals surface area contributed by atoms with Crippen molar-refractivity contribution in [2.75, 3.05) is 31.1 Å². The molecule has 1 fully saturated rings. The molecule has 1 aromatic carbocycles. The minimum absolute atomic E-state index is 0.698. The Balaban J connectivity index is 1.60. The first kappa shape index (κ1) is 15.5. The zero-order valence-corrected chi connectivity index (χ0v) is 13.6. The Bertz CT molecular complexity index is 738. The number of hydrogen-bond donors (Lipinski definition) is 0. The molecule has 1 saturated heterocycles. The van der Waals surface area contributed by atoms with Crippen molar-refractivity contribution < 1.29 is 0 Å². The smallest absolute Gasteiger partial charge is 0.147 e. The van der Waals surface area contributed by atoms with E-state index < -0.39 is 0 Å². The van der Waals surface area contributed by atoms with E-state index in [1.807, 2.05) is 42.5 Å². The number of pyridine rings is 1. The Labute approximate surface area is 142 Å². The Morgan fingerprint density at radius 2 is 1.78 bits per heavy atom. The number of hydrogen-bond acceptors (Lipinski definition) is 3. The second-order valence-electron chi connectivity index (χ2n) is 5.35. The Morgan fingerprint density at radius 3 is 2.48 bits per heavy atom. The highest BCUT2D eigenvalue weighted by Gasteiger charge is 2.19. The molecule has 0 saturated carbocycles. The summed E-state index contributed by atoms with van der Waals surface area (Å²) in [6.45, 7) is 7.57. The lowest BCUT2D eigenvalue weighted by molar-refractivity contribution is 0.333. The Kier molecular flexibility index (Phi) is 4.85. The maximum Gasteiger partial charge on any atom is 0.147 e. The van der Waals surface area contributed by atoms with E-state index in [1.165, 1.54) is 0 Å². The highest BCUT2D eigenvalue weighted by molar-refractivity contribution is 6.32. The van der Waals surface area contributed by atoms with Gasteiger partial charge in [-0.15, -0.1) is 0 Å². The van der Waals surface area contributed by atoms with Crippen molar-refractivity contribution in [1.82, 2.24) is 9.88 Å². The maximum atomic E-state index is 6.22. The fourth-order valence-corrected chi connectivity index (χ4v) is 2.78. The number of benzene rings is 1. The van der Waals surface area contributed by atoms with Crippen molar-refractivity contribution in [3.8, 4) is 11.8 Å². The third kappa shape index (κ3) is 3.85. The lowest BCUT2D eigenvalue weighted by Gasteiger charge is -2.36. The van der Waals surface area contributed by atoms with E-state index in [1.54, 1.807) is 6.20 Å². The zero-order valence-electron chi connectivity index (χ0n) is 12.9. The van der Waals surface area contributed by atoms with Gasteiger partial charge >= 0.3 is 0 Å². The Morgan fingerprint density at radius 1 is 1.04 bits per heavy atom. The minimum atomic E-state index is 0.698. The van der Waals surface area contributed by atoms with Crippen LogP contribution in [0.2, 0.25) is 5.02 Å². The van der Waals surface area contributed by atoms with E-state index >= 15 is 0 Å². The van der Waals surface area contributed by atoms with Crippen LogP contribution in [-0.4, -0.2) is 36.1 Å². The van der Waals surface area contributed by atoms with Crippen LogP contribution in [-0.2, 0) is 0 Å². The van der Waals surface area contributed by atoms with E-state index in [4.69, 9.17) is 11.6 Å². The summed E-state index contributed by atoms with van der Waals surface area (Å²) >= 11 is 6.22. The van der Waals surface area contributed by atoms with Gasteiger partial charge in [-0.2, -0.15) is 0 Å². The van der Waals surface area contributed by atoms with Crippen LogP contribution in [0.25, 0.3) is 0 Å². The van der Waals surface area contributed by atoms with Crippen LogP contribution in [0.5, 0.6) is 0 Å². The van der Waals surface area contributed by atoms with Crippen molar-refractivity contribution >= 4 is 17.4 Å². The monoisotopic (exact) mass is 323 g/mol. The molecular formula is C19H18ClN3. The SMILES string of the molecule is C=C(C#Cc1ccccc1)N1CCN(c2ncccc2Cl)CC1. The number of anilines is 1. The molecule has 1 aliphatic heterocycles. The molecule has 0 aliphatic carbocycles.